The summed E-state index contributed by atoms with van der Waals surface area (Å²) >= 11 is 0. The number of rotatable bonds is 7. The zero-order valence-corrected chi connectivity index (χ0v) is 21.2. The number of benzene rings is 1. The normalized spacial score (nSPS) is 20.4. The Hall–Kier alpha value is -2.29. The summed E-state index contributed by atoms with van der Waals surface area (Å²) in [6.07, 6.45) is 10.9. The second kappa shape index (κ2) is 11.9. The van der Waals surface area contributed by atoms with Gasteiger partial charge in [-0.3, -0.25) is 4.57 Å². The van der Waals surface area contributed by atoms with Crippen LogP contribution in [0.3, 0.4) is 0 Å². The van der Waals surface area contributed by atoms with Crippen LogP contribution in [0.2, 0.25) is 0 Å². The number of imidazole rings is 1. The zero-order chi connectivity index (χ0) is 21.9. The fourth-order valence-electron chi connectivity index (χ4n) is 5.06. The Bertz CT molecular complexity index is 1060. The summed E-state index contributed by atoms with van der Waals surface area (Å²) < 4.78 is 7.80. The molecule has 4 N–H and O–H groups in total. The lowest BCUT2D eigenvalue weighted by Gasteiger charge is -2.26. The van der Waals surface area contributed by atoms with Crippen molar-refractivity contribution in [3.63, 3.8) is 0 Å². The molecule has 10 heteroatoms. The van der Waals surface area contributed by atoms with Crippen LogP contribution in [0.1, 0.15) is 63.0 Å². The van der Waals surface area contributed by atoms with Gasteiger partial charge in [0, 0.05) is 30.2 Å². The molecular weight excluding hydrogens is 473 g/mol. The van der Waals surface area contributed by atoms with Gasteiger partial charge in [0.05, 0.1) is 13.3 Å². The van der Waals surface area contributed by atoms with E-state index in [2.05, 4.69) is 26.3 Å². The molecular formula is C24H35Cl2N7O. The van der Waals surface area contributed by atoms with E-state index < -0.39 is 0 Å². The smallest absolute Gasteiger partial charge is 0.224 e. The van der Waals surface area contributed by atoms with Crippen LogP contribution in [0.15, 0.2) is 30.5 Å². The predicted octanol–water partition coefficient (Wildman–Crippen LogP) is 5.09. The average molecular weight is 508 g/mol. The third-order valence-corrected chi connectivity index (χ3v) is 6.86. The van der Waals surface area contributed by atoms with Crippen molar-refractivity contribution in [3.8, 4) is 5.75 Å². The van der Waals surface area contributed by atoms with Crippen molar-refractivity contribution in [1.82, 2.24) is 19.5 Å². The van der Waals surface area contributed by atoms with E-state index in [1.807, 2.05) is 24.4 Å². The van der Waals surface area contributed by atoms with Gasteiger partial charge in [0.1, 0.15) is 11.3 Å². The minimum atomic E-state index is 0. The summed E-state index contributed by atoms with van der Waals surface area (Å²) in [5.74, 6) is 2.42. The average Bonchev–Trinajstić information content (AvgIpc) is 3.46. The summed E-state index contributed by atoms with van der Waals surface area (Å²) in [5, 5.41) is 7.08. The number of hydrogen-bond donors (Lipinski definition) is 3. The van der Waals surface area contributed by atoms with Crippen molar-refractivity contribution in [2.24, 2.45) is 5.73 Å². The van der Waals surface area contributed by atoms with Gasteiger partial charge in [-0.2, -0.15) is 4.98 Å². The van der Waals surface area contributed by atoms with E-state index in [9.17, 15) is 0 Å². The molecule has 0 bridgehead atoms. The molecule has 5 rings (SSSR count). The van der Waals surface area contributed by atoms with E-state index in [4.69, 9.17) is 20.4 Å². The first-order valence-corrected chi connectivity index (χ1v) is 11.8. The SMILES string of the molecule is COc1ccccc1CNc1nc2cnc(N[C@H]3CC[C@H](N)CC3)nc2n1C1CCCC1.Cl.Cl. The fraction of sp³-hybridized carbons (Fsp3) is 0.542. The van der Waals surface area contributed by atoms with E-state index in [0.29, 0.717) is 30.6 Å². The third kappa shape index (κ3) is 5.67. The quantitative estimate of drug-likeness (QED) is 0.409. The molecule has 2 fully saturated rings. The number of methoxy groups -OCH3 is 1. The number of anilines is 2. The van der Waals surface area contributed by atoms with Gasteiger partial charge in [-0.25, -0.2) is 9.97 Å². The minimum absolute atomic E-state index is 0. The zero-order valence-electron chi connectivity index (χ0n) is 19.6. The first-order valence-electron chi connectivity index (χ1n) is 11.8. The number of para-hydroxylation sites is 1. The topological polar surface area (TPSA) is 103 Å². The molecule has 2 saturated carbocycles. The molecule has 0 saturated heterocycles. The predicted molar refractivity (Wildman–Crippen MR) is 141 cm³/mol. The number of halogens is 2. The lowest BCUT2D eigenvalue weighted by Crippen LogP contribution is -2.33. The highest BCUT2D eigenvalue weighted by Crippen LogP contribution is 2.35. The number of fused-ring (bicyclic) bond motifs is 1. The van der Waals surface area contributed by atoms with Crippen molar-refractivity contribution in [1.29, 1.82) is 0 Å². The summed E-state index contributed by atoms with van der Waals surface area (Å²) in [6.45, 7) is 0.640. The molecule has 2 heterocycles. The fourth-order valence-corrected chi connectivity index (χ4v) is 5.06. The van der Waals surface area contributed by atoms with E-state index in [-0.39, 0.29) is 24.8 Å². The molecule has 8 nitrogen and oxygen atoms in total. The van der Waals surface area contributed by atoms with Gasteiger partial charge in [0.15, 0.2) is 5.65 Å². The van der Waals surface area contributed by atoms with Crippen LogP contribution in [0, 0.1) is 0 Å². The number of aromatic nitrogens is 4. The molecule has 34 heavy (non-hydrogen) atoms. The van der Waals surface area contributed by atoms with Crippen LogP contribution in [0.5, 0.6) is 5.75 Å². The van der Waals surface area contributed by atoms with E-state index in [1.165, 1.54) is 12.8 Å². The first-order chi connectivity index (χ1) is 15.7. The minimum Gasteiger partial charge on any atom is -0.496 e. The van der Waals surface area contributed by atoms with Crippen LogP contribution in [-0.2, 0) is 6.54 Å². The van der Waals surface area contributed by atoms with Gasteiger partial charge >= 0.3 is 0 Å². The van der Waals surface area contributed by atoms with Gasteiger partial charge in [0.2, 0.25) is 11.9 Å². The number of hydrogen-bond acceptors (Lipinski definition) is 7. The van der Waals surface area contributed by atoms with Crippen LogP contribution < -0.4 is 21.1 Å². The monoisotopic (exact) mass is 507 g/mol. The highest BCUT2D eigenvalue weighted by atomic mass is 35.5. The Labute approximate surface area is 213 Å². The van der Waals surface area contributed by atoms with Crippen LogP contribution in [-0.4, -0.2) is 38.7 Å². The molecule has 3 aromatic rings. The maximum absolute atomic E-state index is 6.06. The third-order valence-electron chi connectivity index (χ3n) is 6.86. The largest absolute Gasteiger partial charge is 0.496 e. The van der Waals surface area contributed by atoms with Gasteiger partial charge in [-0.05, 0) is 44.6 Å². The number of nitrogens with two attached hydrogens (primary N) is 1. The van der Waals surface area contributed by atoms with Crippen molar-refractivity contribution >= 4 is 47.9 Å². The maximum Gasteiger partial charge on any atom is 0.224 e. The molecule has 1 aromatic carbocycles. The van der Waals surface area contributed by atoms with Crippen LogP contribution in [0.25, 0.3) is 11.2 Å². The van der Waals surface area contributed by atoms with E-state index in [0.717, 1.165) is 67.0 Å². The molecule has 0 unspecified atom stereocenters. The Morgan fingerprint density at radius 2 is 1.76 bits per heavy atom. The van der Waals surface area contributed by atoms with Gasteiger partial charge in [-0.1, -0.05) is 31.0 Å². The molecule has 2 aliphatic carbocycles. The van der Waals surface area contributed by atoms with Gasteiger partial charge in [0.25, 0.3) is 0 Å². The standard InChI is InChI=1S/C24H33N7O.2ClH/c1-32-21-9-5-2-6-16(21)14-27-24-29-20-15-26-23(28-18-12-10-17(25)11-13-18)30-22(20)31(24)19-7-3-4-8-19;;/h2,5-6,9,15,17-19H,3-4,7-8,10-14,25H2,1H3,(H,27,29)(H,26,28,30);2*1H/t17-,18-;;. The van der Waals surface area contributed by atoms with Crippen molar-refractivity contribution in [3.05, 3.63) is 36.0 Å². The molecule has 2 aromatic heterocycles. The summed E-state index contributed by atoms with van der Waals surface area (Å²) in [6, 6.07) is 9.21. The van der Waals surface area contributed by atoms with Crippen LogP contribution >= 0.6 is 24.8 Å². The van der Waals surface area contributed by atoms with Crippen molar-refractivity contribution in [2.45, 2.75) is 76.0 Å². The molecule has 0 amide bonds. The second-order valence-corrected chi connectivity index (χ2v) is 9.07. The second-order valence-electron chi connectivity index (χ2n) is 9.07. The number of nitrogens with one attached hydrogen (secondary N) is 2. The van der Waals surface area contributed by atoms with Crippen LogP contribution in [0.4, 0.5) is 11.9 Å². The molecule has 186 valence electrons. The lowest BCUT2D eigenvalue weighted by molar-refractivity contribution is 0.410. The van der Waals surface area contributed by atoms with Gasteiger partial charge < -0.3 is 21.1 Å². The van der Waals surface area contributed by atoms with Crippen molar-refractivity contribution < 1.29 is 4.74 Å². The summed E-state index contributed by atoms with van der Waals surface area (Å²) in [4.78, 5) is 14.4. The molecule has 0 spiro atoms. The molecule has 2 aliphatic rings. The van der Waals surface area contributed by atoms with E-state index in [1.54, 1.807) is 7.11 Å². The van der Waals surface area contributed by atoms with E-state index >= 15 is 0 Å². The highest BCUT2D eigenvalue weighted by molar-refractivity contribution is 5.85. The number of ether oxygens (including phenoxy) is 1. The first kappa shape index (κ1) is 26.3. The summed E-state index contributed by atoms with van der Waals surface area (Å²) in [5.41, 5.74) is 8.90. The molecule has 0 atom stereocenters. The Morgan fingerprint density at radius 3 is 2.50 bits per heavy atom. The number of nitrogens with zero attached hydrogens (tertiary/aromatic N) is 4. The Morgan fingerprint density at radius 1 is 1.03 bits per heavy atom. The highest BCUT2D eigenvalue weighted by Gasteiger charge is 2.25. The maximum atomic E-state index is 6.06. The lowest BCUT2D eigenvalue weighted by atomic mass is 9.92. The summed E-state index contributed by atoms with van der Waals surface area (Å²) in [7, 11) is 1.71. The Balaban J connectivity index is 0.00000162. The molecule has 0 radical (unpaired) electrons. The van der Waals surface area contributed by atoms with Crippen molar-refractivity contribution in [2.75, 3.05) is 17.7 Å². The Kier molecular flexibility index (Phi) is 9.22. The molecule has 0 aliphatic heterocycles. The van der Waals surface area contributed by atoms with Gasteiger partial charge in [-0.15, -0.1) is 24.8 Å².